The fourth-order valence-electron chi connectivity index (χ4n) is 5.16. The smallest absolute Gasteiger partial charge is 0.0900 e. The Hall–Kier alpha value is -4.31. The van der Waals surface area contributed by atoms with E-state index < -0.39 is 0 Å². The number of para-hydroxylation sites is 1. The van der Waals surface area contributed by atoms with Crippen LogP contribution in [0.15, 0.2) is 103 Å². The summed E-state index contributed by atoms with van der Waals surface area (Å²) in [5, 5.41) is 2.60. The minimum absolute atomic E-state index is 0.845. The van der Waals surface area contributed by atoms with E-state index >= 15 is 0 Å². The number of unbranched alkanes of at least 4 members (excludes halogenated alkanes) is 3. The molecule has 4 heterocycles. The van der Waals surface area contributed by atoms with Gasteiger partial charge < -0.3 is 4.57 Å². The van der Waals surface area contributed by atoms with Gasteiger partial charge in [0.05, 0.1) is 22.8 Å². The van der Waals surface area contributed by atoms with Gasteiger partial charge in [0, 0.05) is 40.7 Å². The molecule has 4 nitrogen and oxygen atoms in total. The van der Waals surface area contributed by atoms with E-state index in [1.807, 2.05) is 48.8 Å². The fraction of sp³-hybridized carbons (Fsp3) is 0.182. The number of hydrogen-bond acceptors (Lipinski definition) is 3. The first-order valence-electron chi connectivity index (χ1n) is 13.2. The molecule has 4 heteroatoms. The van der Waals surface area contributed by atoms with Gasteiger partial charge in [-0.2, -0.15) is 0 Å². The Morgan fingerprint density at radius 2 is 1.24 bits per heavy atom. The highest BCUT2D eigenvalue weighted by atomic mass is 15.0. The van der Waals surface area contributed by atoms with Gasteiger partial charge in [-0.25, -0.2) is 4.98 Å². The minimum atomic E-state index is 0.845. The van der Waals surface area contributed by atoms with Crippen molar-refractivity contribution in [2.75, 3.05) is 0 Å². The second-order valence-electron chi connectivity index (χ2n) is 9.52. The average molecular weight is 483 g/mol. The molecule has 0 radical (unpaired) electrons. The number of pyridine rings is 3. The minimum Gasteiger partial charge on any atom is -0.340 e. The van der Waals surface area contributed by atoms with Gasteiger partial charge >= 0.3 is 0 Å². The van der Waals surface area contributed by atoms with Crippen molar-refractivity contribution in [2.45, 2.75) is 39.2 Å². The van der Waals surface area contributed by atoms with Gasteiger partial charge in [0.1, 0.15) is 0 Å². The van der Waals surface area contributed by atoms with Crippen molar-refractivity contribution in [1.29, 1.82) is 0 Å². The largest absolute Gasteiger partial charge is 0.340 e. The van der Waals surface area contributed by atoms with Crippen molar-refractivity contribution in [3.05, 3.63) is 103 Å². The van der Waals surface area contributed by atoms with Gasteiger partial charge in [-0.1, -0.05) is 62.6 Å². The zero-order valence-electron chi connectivity index (χ0n) is 21.1. The standard InChI is InChI=1S/C33H30N4/c1-2-3-4-11-20-37-32-15-6-5-12-26(32)27-21-24(16-17-33(27)37)25-22-30(28-13-7-9-18-34-28)36-31(23-25)29-14-8-10-19-35-29/h5-10,12-19,21-23H,2-4,11,20H2,1H3. The molecular formula is C33H30N4. The monoisotopic (exact) mass is 482 g/mol. The molecule has 0 saturated carbocycles. The normalized spacial score (nSPS) is 11.4. The number of aromatic nitrogens is 4. The van der Waals surface area contributed by atoms with Crippen molar-refractivity contribution in [3.8, 4) is 33.9 Å². The van der Waals surface area contributed by atoms with Crippen LogP contribution in [0.5, 0.6) is 0 Å². The summed E-state index contributed by atoms with van der Waals surface area (Å²) in [5.74, 6) is 0. The number of fused-ring (bicyclic) bond motifs is 3. The lowest BCUT2D eigenvalue weighted by Crippen LogP contribution is -1.97. The Balaban J connectivity index is 1.49. The van der Waals surface area contributed by atoms with Crippen LogP contribution in [0.3, 0.4) is 0 Å². The highest BCUT2D eigenvalue weighted by Gasteiger charge is 2.14. The molecule has 0 bridgehead atoms. The van der Waals surface area contributed by atoms with Crippen LogP contribution in [0.4, 0.5) is 0 Å². The Morgan fingerprint density at radius 1 is 0.568 bits per heavy atom. The van der Waals surface area contributed by atoms with Crippen LogP contribution < -0.4 is 0 Å². The number of nitrogens with zero attached hydrogens (tertiary/aromatic N) is 4. The predicted molar refractivity (Wildman–Crippen MR) is 153 cm³/mol. The van der Waals surface area contributed by atoms with Crippen molar-refractivity contribution in [3.63, 3.8) is 0 Å². The molecule has 0 aliphatic rings. The summed E-state index contributed by atoms with van der Waals surface area (Å²) in [6.45, 7) is 3.31. The third-order valence-corrected chi connectivity index (χ3v) is 7.02. The van der Waals surface area contributed by atoms with Gasteiger partial charge in [-0.15, -0.1) is 0 Å². The molecule has 0 N–H and O–H groups in total. The Kier molecular flexibility index (Phi) is 6.47. The summed E-state index contributed by atoms with van der Waals surface area (Å²) < 4.78 is 2.50. The molecule has 0 unspecified atom stereocenters. The zero-order chi connectivity index (χ0) is 25.0. The summed E-state index contributed by atoms with van der Waals surface area (Å²) >= 11 is 0. The van der Waals surface area contributed by atoms with E-state index in [9.17, 15) is 0 Å². The van der Waals surface area contributed by atoms with Gasteiger partial charge in [0.2, 0.25) is 0 Å². The first kappa shape index (κ1) is 23.1. The Labute approximate surface area is 217 Å². The van der Waals surface area contributed by atoms with Crippen molar-refractivity contribution < 1.29 is 0 Å². The van der Waals surface area contributed by atoms with Crippen LogP contribution in [-0.2, 0) is 6.54 Å². The quantitative estimate of drug-likeness (QED) is 0.204. The van der Waals surface area contributed by atoms with Crippen molar-refractivity contribution >= 4 is 21.8 Å². The molecule has 2 aromatic carbocycles. The molecule has 0 amide bonds. The van der Waals surface area contributed by atoms with Crippen LogP contribution in [0.1, 0.15) is 32.6 Å². The van der Waals surface area contributed by atoms with E-state index in [-0.39, 0.29) is 0 Å². The molecule has 0 saturated heterocycles. The molecule has 0 atom stereocenters. The average Bonchev–Trinajstić information content (AvgIpc) is 3.29. The third-order valence-electron chi connectivity index (χ3n) is 7.02. The summed E-state index contributed by atoms with van der Waals surface area (Å²) in [6.07, 6.45) is 8.64. The Morgan fingerprint density at radius 3 is 1.92 bits per heavy atom. The number of aryl methyl sites for hydroxylation is 1. The van der Waals surface area contributed by atoms with Gasteiger partial charge in [0.25, 0.3) is 0 Å². The first-order chi connectivity index (χ1) is 18.3. The SMILES string of the molecule is CCCCCCn1c2ccccc2c2cc(-c3cc(-c4ccccn4)nc(-c4ccccn4)c3)ccc21. The van der Waals surface area contributed by atoms with Crippen LogP contribution in [0.25, 0.3) is 55.7 Å². The maximum Gasteiger partial charge on any atom is 0.0900 e. The summed E-state index contributed by atoms with van der Waals surface area (Å²) in [7, 11) is 0. The summed E-state index contributed by atoms with van der Waals surface area (Å²) in [4.78, 5) is 14.1. The molecule has 6 rings (SSSR count). The van der Waals surface area contributed by atoms with E-state index in [4.69, 9.17) is 4.98 Å². The molecule has 6 aromatic rings. The molecule has 0 spiro atoms. The van der Waals surface area contributed by atoms with E-state index in [0.29, 0.717) is 0 Å². The van der Waals surface area contributed by atoms with Crippen LogP contribution >= 0.6 is 0 Å². The lowest BCUT2D eigenvalue weighted by atomic mass is 10.0. The topological polar surface area (TPSA) is 43.6 Å². The fourth-order valence-corrected chi connectivity index (χ4v) is 5.16. The van der Waals surface area contributed by atoms with E-state index in [1.54, 1.807) is 0 Å². The molecule has 182 valence electrons. The van der Waals surface area contributed by atoms with Crippen LogP contribution in [0, 0.1) is 0 Å². The number of rotatable bonds is 8. The van der Waals surface area contributed by atoms with Crippen molar-refractivity contribution in [2.24, 2.45) is 0 Å². The second-order valence-corrected chi connectivity index (χ2v) is 9.52. The molecule has 0 aliphatic carbocycles. The molecule has 37 heavy (non-hydrogen) atoms. The van der Waals surface area contributed by atoms with Crippen molar-refractivity contribution in [1.82, 2.24) is 19.5 Å². The highest BCUT2D eigenvalue weighted by Crippen LogP contribution is 2.35. The summed E-state index contributed by atoms with van der Waals surface area (Å²) in [6, 6.07) is 31.8. The van der Waals surface area contributed by atoms with Gasteiger partial charge in [-0.3, -0.25) is 9.97 Å². The maximum atomic E-state index is 4.94. The second kappa shape index (κ2) is 10.4. The predicted octanol–water partition coefficient (Wildman–Crippen LogP) is 8.56. The lowest BCUT2D eigenvalue weighted by Gasteiger charge is -2.10. The maximum absolute atomic E-state index is 4.94. The third kappa shape index (κ3) is 4.63. The number of hydrogen-bond donors (Lipinski definition) is 0. The van der Waals surface area contributed by atoms with E-state index in [0.717, 1.165) is 40.4 Å². The molecular weight excluding hydrogens is 452 g/mol. The van der Waals surface area contributed by atoms with Crippen LogP contribution in [-0.4, -0.2) is 19.5 Å². The zero-order valence-corrected chi connectivity index (χ0v) is 21.1. The van der Waals surface area contributed by atoms with Gasteiger partial charge in [0.15, 0.2) is 0 Å². The molecule has 4 aromatic heterocycles. The molecule has 0 aliphatic heterocycles. The van der Waals surface area contributed by atoms with Gasteiger partial charge in [-0.05, 0) is 72.1 Å². The lowest BCUT2D eigenvalue weighted by molar-refractivity contribution is 0.602. The molecule has 0 fully saturated rings. The van der Waals surface area contributed by atoms with Crippen LogP contribution in [0.2, 0.25) is 0 Å². The summed E-state index contributed by atoms with van der Waals surface area (Å²) in [5.41, 5.74) is 8.28. The Bertz CT molecular complexity index is 1590. The van der Waals surface area contributed by atoms with E-state index in [2.05, 4.69) is 76.1 Å². The highest BCUT2D eigenvalue weighted by molar-refractivity contribution is 6.09. The first-order valence-corrected chi connectivity index (χ1v) is 13.2. The van der Waals surface area contributed by atoms with E-state index in [1.165, 1.54) is 47.5 Å². The number of benzene rings is 2.